The number of piperazine rings is 1. The highest BCUT2D eigenvalue weighted by molar-refractivity contribution is 14.0. The Morgan fingerprint density at radius 3 is 2.53 bits per heavy atom. The van der Waals surface area contributed by atoms with Gasteiger partial charge in [0.1, 0.15) is 11.5 Å². The lowest BCUT2D eigenvalue weighted by molar-refractivity contribution is 0.0954. The van der Waals surface area contributed by atoms with Crippen LogP contribution in [0.15, 0.2) is 53.5 Å². The molecule has 32 heavy (non-hydrogen) atoms. The number of halogens is 1. The third-order valence-electron chi connectivity index (χ3n) is 5.13. The third-order valence-corrected chi connectivity index (χ3v) is 5.13. The van der Waals surface area contributed by atoms with Crippen molar-refractivity contribution in [1.29, 1.82) is 0 Å². The van der Waals surface area contributed by atoms with Crippen LogP contribution in [-0.2, 0) is 0 Å². The van der Waals surface area contributed by atoms with Crippen molar-refractivity contribution in [2.75, 3.05) is 57.8 Å². The minimum Gasteiger partial charge on any atom is -0.506 e. The molecule has 0 radical (unpaired) electrons. The summed E-state index contributed by atoms with van der Waals surface area (Å²) in [5, 5.41) is 16.3. The predicted molar refractivity (Wildman–Crippen MR) is 139 cm³/mol. The second-order valence-electron chi connectivity index (χ2n) is 7.19. The molecule has 1 aliphatic heterocycles. The van der Waals surface area contributed by atoms with Crippen molar-refractivity contribution < 1.29 is 14.6 Å². The van der Waals surface area contributed by atoms with Crippen LogP contribution >= 0.6 is 24.0 Å². The summed E-state index contributed by atoms with van der Waals surface area (Å²) >= 11 is 0. The van der Waals surface area contributed by atoms with Gasteiger partial charge in [-0.2, -0.15) is 0 Å². The molecule has 1 fully saturated rings. The maximum atomic E-state index is 12.3. The van der Waals surface area contributed by atoms with Gasteiger partial charge >= 0.3 is 0 Å². The number of para-hydroxylation sites is 2. The maximum Gasteiger partial charge on any atom is 0.251 e. The van der Waals surface area contributed by atoms with E-state index in [1.54, 1.807) is 31.4 Å². The Bertz CT molecular complexity index is 901. The first-order chi connectivity index (χ1) is 15.1. The molecule has 174 valence electrons. The van der Waals surface area contributed by atoms with Crippen LogP contribution in [0.2, 0.25) is 0 Å². The van der Waals surface area contributed by atoms with E-state index in [0.29, 0.717) is 30.2 Å². The van der Waals surface area contributed by atoms with Crippen LogP contribution in [0.3, 0.4) is 0 Å². The number of anilines is 1. The number of hydrogen-bond donors (Lipinski definition) is 3. The minimum absolute atomic E-state index is 0. The SMILES string of the molecule is CCNC(=NCCNC(=O)c1cccc(OC)c1)N1CCN(c2ccccc2O)CC1.I. The van der Waals surface area contributed by atoms with Gasteiger partial charge in [-0.25, -0.2) is 0 Å². The molecule has 1 heterocycles. The Hall–Kier alpha value is -2.69. The second kappa shape index (κ2) is 13.0. The number of phenolic OH excluding ortho intramolecular Hbond substituents is 1. The molecule has 0 saturated carbocycles. The van der Waals surface area contributed by atoms with Gasteiger partial charge < -0.3 is 30.3 Å². The van der Waals surface area contributed by atoms with E-state index in [4.69, 9.17) is 4.74 Å². The molecule has 0 atom stereocenters. The Kier molecular flexibility index (Phi) is 10.4. The molecule has 0 aliphatic carbocycles. The van der Waals surface area contributed by atoms with E-state index in [1.807, 2.05) is 31.2 Å². The van der Waals surface area contributed by atoms with Gasteiger partial charge in [-0.05, 0) is 37.3 Å². The summed E-state index contributed by atoms with van der Waals surface area (Å²) in [6.45, 7) is 6.95. The molecule has 0 aromatic heterocycles. The summed E-state index contributed by atoms with van der Waals surface area (Å²) in [4.78, 5) is 21.4. The number of benzene rings is 2. The van der Waals surface area contributed by atoms with Crippen LogP contribution in [0, 0.1) is 0 Å². The molecule has 1 aliphatic rings. The second-order valence-corrected chi connectivity index (χ2v) is 7.19. The van der Waals surface area contributed by atoms with E-state index in [0.717, 1.165) is 44.4 Å². The van der Waals surface area contributed by atoms with E-state index in [-0.39, 0.29) is 29.9 Å². The van der Waals surface area contributed by atoms with Gasteiger partial charge in [-0.1, -0.05) is 18.2 Å². The molecule has 9 heteroatoms. The number of hydrogen-bond acceptors (Lipinski definition) is 5. The van der Waals surface area contributed by atoms with Crippen LogP contribution in [0.4, 0.5) is 5.69 Å². The van der Waals surface area contributed by atoms with E-state index < -0.39 is 0 Å². The zero-order valence-electron chi connectivity index (χ0n) is 18.6. The van der Waals surface area contributed by atoms with Gasteiger partial charge in [0, 0.05) is 44.8 Å². The lowest BCUT2D eigenvalue weighted by Crippen LogP contribution is -2.52. The molecule has 3 N–H and O–H groups in total. The highest BCUT2D eigenvalue weighted by atomic mass is 127. The van der Waals surface area contributed by atoms with Crippen LogP contribution in [0.25, 0.3) is 0 Å². The number of aliphatic imine (C=N–C) groups is 1. The number of nitrogens with zero attached hydrogens (tertiary/aromatic N) is 3. The Balaban J connectivity index is 0.00000363. The number of rotatable bonds is 7. The summed E-state index contributed by atoms with van der Waals surface area (Å²) in [5.74, 6) is 1.66. The summed E-state index contributed by atoms with van der Waals surface area (Å²) < 4.78 is 5.17. The Morgan fingerprint density at radius 2 is 1.84 bits per heavy atom. The largest absolute Gasteiger partial charge is 0.506 e. The minimum atomic E-state index is -0.143. The average molecular weight is 553 g/mol. The lowest BCUT2D eigenvalue weighted by Gasteiger charge is -2.37. The zero-order valence-corrected chi connectivity index (χ0v) is 20.9. The first-order valence-corrected chi connectivity index (χ1v) is 10.6. The molecule has 0 spiro atoms. The van der Waals surface area contributed by atoms with E-state index in [1.165, 1.54) is 0 Å². The molecular formula is C23H32IN5O3. The number of methoxy groups -OCH3 is 1. The fourth-order valence-corrected chi connectivity index (χ4v) is 3.51. The molecule has 3 rings (SSSR count). The maximum absolute atomic E-state index is 12.3. The van der Waals surface area contributed by atoms with Crippen molar-refractivity contribution in [2.24, 2.45) is 4.99 Å². The average Bonchev–Trinajstić information content (AvgIpc) is 2.81. The topological polar surface area (TPSA) is 89.4 Å². The first kappa shape index (κ1) is 25.6. The van der Waals surface area contributed by atoms with Gasteiger partial charge in [-0.15, -0.1) is 24.0 Å². The fourth-order valence-electron chi connectivity index (χ4n) is 3.51. The molecule has 1 amide bonds. The van der Waals surface area contributed by atoms with Crippen molar-refractivity contribution in [1.82, 2.24) is 15.5 Å². The van der Waals surface area contributed by atoms with Crippen molar-refractivity contribution >= 4 is 41.5 Å². The number of ether oxygens (including phenoxy) is 1. The van der Waals surface area contributed by atoms with Crippen LogP contribution < -0.4 is 20.3 Å². The van der Waals surface area contributed by atoms with Gasteiger partial charge in [0.25, 0.3) is 5.91 Å². The van der Waals surface area contributed by atoms with Gasteiger partial charge in [0.05, 0.1) is 19.3 Å². The van der Waals surface area contributed by atoms with Gasteiger partial charge in [0.15, 0.2) is 5.96 Å². The molecule has 2 aromatic carbocycles. The Morgan fingerprint density at radius 1 is 1.09 bits per heavy atom. The van der Waals surface area contributed by atoms with E-state index in [2.05, 4.69) is 25.4 Å². The lowest BCUT2D eigenvalue weighted by atomic mass is 10.2. The van der Waals surface area contributed by atoms with E-state index in [9.17, 15) is 9.90 Å². The van der Waals surface area contributed by atoms with Crippen LogP contribution in [-0.4, -0.2) is 74.8 Å². The molecule has 8 nitrogen and oxygen atoms in total. The molecule has 0 unspecified atom stereocenters. The van der Waals surface area contributed by atoms with Crippen molar-refractivity contribution in [3.8, 4) is 11.5 Å². The zero-order chi connectivity index (χ0) is 22.1. The van der Waals surface area contributed by atoms with E-state index >= 15 is 0 Å². The first-order valence-electron chi connectivity index (χ1n) is 10.6. The van der Waals surface area contributed by atoms with Crippen molar-refractivity contribution in [3.05, 3.63) is 54.1 Å². The summed E-state index contributed by atoms with van der Waals surface area (Å²) in [5.41, 5.74) is 1.43. The number of phenols is 1. The molecule has 1 saturated heterocycles. The van der Waals surface area contributed by atoms with Crippen molar-refractivity contribution in [3.63, 3.8) is 0 Å². The summed E-state index contributed by atoms with van der Waals surface area (Å²) in [6, 6.07) is 14.5. The normalized spacial score (nSPS) is 13.9. The summed E-state index contributed by atoms with van der Waals surface area (Å²) in [7, 11) is 1.58. The summed E-state index contributed by atoms with van der Waals surface area (Å²) in [6.07, 6.45) is 0. The highest BCUT2D eigenvalue weighted by Gasteiger charge is 2.21. The molecule has 0 bridgehead atoms. The smallest absolute Gasteiger partial charge is 0.251 e. The molecular weight excluding hydrogens is 521 g/mol. The standard InChI is InChI=1S/C23H31N5O3.HI/c1-3-24-23(26-12-11-25-22(30)18-7-6-8-19(17-18)31-2)28-15-13-27(14-16-28)20-9-4-5-10-21(20)29;/h4-10,17,29H,3,11-16H2,1-2H3,(H,24,26)(H,25,30);1H. The number of guanidine groups is 1. The third kappa shape index (κ3) is 6.91. The van der Waals surface area contributed by atoms with Gasteiger partial charge in [0.2, 0.25) is 0 Å². The van der Waals surface area contributed by atoms with Crippen molar-refractivity contribution in [2.45, 2.75) is 6.92 Å². The highest BCUT2D eigenvalue weighted by Crippen LogP contribution is 2.27. The molecule has 2 aromatic rings. The number of aromatic hydroxyl groups is 1. The number of carbonyl (C=O) groups is 1. The van der Waals surface area contributed by atoms with Crippen LogP contribution in [0.1, 0.15) is 17.3 Å². The number of carbonyl (C=O) groups excluding carboxylic acids is 1. The quantitative estimate of drug-likeness (QED) is 0.212. The number of amides is 1. The van der Waals surface area contributed by atoms with Crippen LogP contribution in [0.5, 0.6) is 11.5 Å². The van der Waals surface area contributed by atoms with Gasteiger partial charge in [-0.3, -0.25) is 9.79 Å². The monoisotopic (exact) mass is 553 g/mol. The fraction of sp³-hybridized carbons (Fsp3) is 0.391. The number of nitrogens with one attached hydrogen (secondary N) is 2. The predicted octanol–water partition coefficient (Wildman–Crippen LogP) is 2.54. The Labute approximate surface area is 206 Å².